The van der Waals surface area contributed by atoms with Gasteiger partial charge in [-0.1, -0.05) is 30.7 Å². The molecular formula is C39H42F6N10O. The smallest absolute Gasteiger partial charge is 0.365 e. The van der Waals surface area contributed by atoms with E-state index in [1.165, 1.54) is 31.4 Å². The van der Waals surface area contributed by atoms with Crippen LogP contribution in [-0.4, -0.2) is 76.3 Å². The fourth-order valence-corrected chi connectivity index (χ4v) is 7.56. The van der Waals surface area contributed by atoms with Crippen molar-refractivity contribution in [3.05, 3.63) is 72.1 Å². The molecule has 296 valence electrons. The minimum atomic E-state index is -4.44. The van der Waals surface area contributed by atoms with Gasteiger partial charge in [-0.2, -0.15) is 26.3 Å². The molecule has 17 heteroatoms. The maximum Gasteiger partial charge on any atom is 0.416 e. The van der Waals surface area contributed by atoms with E-state index in [0.717, 1.165) is 93.9 Å². The van der Waals surface area contributed by atoms with E-state index < -0.39 is 23.5 Å². The molecule has 10 rings (SSSR count). The van der Waals surface area contributed by atoms with Gasteiger partial charge in [0.15, 0.2) is 23.3 Å². The summed E-state index contributed by atoms with van der Waals surface area (Å²) in [5.74, 6) is 1.66. The quantitative estimate of drug-likeness (QED) is 0.181. The number of nitrogens with zero attached hydrogens (tertiary/aromatic N) is 7. The minimum Gasteiger partial charge on any atom is -0.365 e. The Balaban J connectivity index is 0.000000144. The summed E-state index contributed by atoms with van der Waals surface area (Å²) < 4.78 is 77.7. The zero-order valence-electron chi connectivity index (χ0n) is 30.5. The van der Waals surface area contributed by atoms with Crippen LogP contribution in [0.3, 0.4) is 0 Å². The second-order valence-electron chi connectivity index (χ2n) is 15.1. The molecule has 6 aliphatic rings. The number of benzene rings is 2. The van der Waals surface area contributed by atoms with Crippen molar-refractivity contribution in [3.8, 4) is 22.8 Å². The standard InChI is InChI=1S/C20H20F3N5O.C15H13F3N4.C4H9N/c21-20(22,23)13-4-1-3-12(9-13)17-24-10-16-18(26-17)28(15-7-8-27(16)11-15)19(29)25-14-5-2-6-14;16-15(17,18)10-3-1-2-9(6-10)13-19-7-12-14(21-13)20-11-4-5-22(12)8-11;5-4-2-1-3-4/h1,3-4,9-10,14-15H,2,5-8,11H2,(H,25,29);1-3,6-7,11H,4-5,8H2,(H,19,20,21);4H,1-3,5H2/t15-;11-;/m00./s1. The number of carbonyl (C=O) groups is 1. The van der Waals surface area contributed by atoms with Crippen LogP contribution in [0, 0.1) is 0 Å². The average molecular weight is 781 g/mol. The number of carbonyl (C=O) groups excluding carboxylic acids is 1. The Kier molecular flexibility index (Phi) is 10.1. The molecule has 2 aromatic heterocycles. The Bertz CT molecular complexity index is 2070. The number of nitrogens with one attached hydrogen (secondary N) is 2. The highest BCUT2D eigenvalue weighted by Crippen LogP contribution is 2.41. The van der Waals surface area contributed by atoms with E-state index in [2.05, 4.69) is 40.4 Å². The molecule has 4 bridgehead atoms. The number of aromatic nitrogens is 4. The Morgan fingerprint density at radius 1 is 0.750 bits per heavy atom. The zero-order chi connectivity index (χ0) is 39.2. The fourth-order valence-electron chi connectivity index (χ4n) is 7.56. The fraction of sp³-hybridized carbons (Fsp3) is 0.462. The van der Waals surface area contributed by atoms with Gasteiger partial charge in [0.25, 0.3) is 0 Å². The monoisotopic (exact) mass is 780 g/mol. The maximum atomic E-state index is 13.1. The van der Waals surface area contributed by atoms with Gasteiger partial charge in [-0.15, -0.1) is 0 Å². The normalized spacial score (nSPS) is 20.9. The summed E-state index contributed by atoms with van der Waals surface area (Å²) in [5.41, 5.74) is 6.25. The average Bonchev–Trinajstić information content (AvgIpc) is 3.76. The predicted molar refractivity (Wildman–Crippen MR) is 200 cm³/mol. The minimum absolute atomic E-state index is 0.00633. The lowest BCUT2D eigenvalue weighted by molar-refractivity contribution is -0.138. The number of halogens is 6. The van der Waals surface area contributed by atoms with Crippen molar-refractivity contribution >= 4 is 29.0 Å². The van der Waals surface area contributed by atoms with Crippen molar-refractivity contribution in [1.29, 1.82) is 0 Å². The number of amides is 2. The van der Waals surface area contributed by atoms with E-state index in [9.17, 15) is 31.1 Å². The number of nitrogens with two attached hydrogens (primary N) is 1. The molecule has 2 aromatic carbocycles. The van der Waals surface area contributed by atoms with E-state index in [0.29, 0.717) is 35.1 Å². The molecule has 2 aliphatic carbocycles. The largest absolute Gasteiger partial charge is 0.416 e. The van der Waals surface area contributed by atoms with Gasteiger partial charge in [-0.05, 0) is 69.2 Å². The number of rotatable bonds is 3. The van der Waals surface area contributed by atoms with E-state index in [4.69, 9.17) is 5.73 Å². The van der Waals surface area contributed by atoms with Gasteiger partial charge in [0.2, 0.25) is 0 Å². The summed E-state index contributed by atoms with van der Waals surface area (Å²) in [7, 11) is 0. The summed E-state index contributed by atoms with van der Waals surface area (Å²) >= 11 is 0. The van der Waals surface area contributed by atoms with Gasteiger partial charge >= 0.3 is 18.4 Å². The Morgan fingerprint density at radius 3 is 1.89 bits per heavy atom. The molecule has 56 heavy (non-hydrogen) atoms. The molecule has 2 atom stereocenters. The SMILES string of the molecule is FC(F)(F)c1cccc(-c2ncc3c(n2)N[C@H]2CCN3C2)c1.NC1CCC1.O=C(NC1CCC1)N1c2nc(-c3cccc(C(F)(F)F)c3)ncc2N2CC[C@H]1C2. The molecule has 4 aliphatic heterocycles. The molecule has 11 nitrogen and oxygen atoms in total. The molecule has 0 radical (unpaired) electrons. The number of hydrogen-bond donors (Lipinski definition) is 3. The topological polar surface area (TPSA) is 128 Å². The Hall–Kier alpha value is -5.19. The highest BCUT2D eigenvalue weighted by Gasteiger charge is 2.42. The highest BCUT2D eigenvalue weighted by molar-refractivity contribution is 5.97. The second kappa shape index (κ2) is 15.0. The third-order valence-corrected chi connectivity index (χ3v) is 11.2. The molecular weight excluding hydrogens is 738 g/mol. The molecule has 2 saturated carbocycles. The molecule has 4 N–H and O–H groups in total. The van der Waals surface area contributed by atoms with Crippen molar-refractivity contribution in [2.75, 3.05) is 46.2 Å². The summed E-state index contributed by atoms with van der Waals surface area (Å²) in [5, 5.41) is 6.39. The molecule has 2 saturated heterocycles. The molecule has 6 heterocycles. The van der Waals surface area contributed by atoms with Crippen molar-refractivity contribution < 1.29 is 31.1 Å². The van der Waals surface area contributed by atoms with Crippen LogP contribution in [0.4, 0.5) is 54.1 Å². The predicted octanol–water partition coefficient (Wildman–Crippen LogP) is 7.49. The van der Waals surface area contributed by atoms with Gasteiger partial charge < -0.3 is 26.2 Å². The van der Waals surface area contributed by atoms with Crippen LogP contribution in [0.15, 0.2) is 60.9 Å². The van der Waals surface area contributed by atoms with Crippen molar-refractivity contribution in [2.24, 2.45) is 5.73 Å². The van der Waals surface area contributed by atoms with Crippen LogP contribution in [0.2, 0.25) is 0 Å². The van der Waals surface area contributed by atoms with Crippen LogP contribution in [0.5, 0.6) is 0 Å². The van der Waals surface area contributed by atoms with Gasteiger partial charge in [0.05, 0.1) is 40.9 Å². The van der Waals surface area contributed by atoms with Gasteiger partial charge in [-0.25, -0.2) is 24.7 Å². The van der Waals surface area contributed by atoms with Crippen molar-refractivity contribution in [2.45, 2.75) is 87.9 Å². The van der Waals surface area contributed by atoms with Crippen LogP contribution in [0.1, 0.15) is 62.5 Å². The summed E-state index contributed by atoms with van der Waals surface area (Å²) in [4.78, 5) is 36.5. The number of anilines is 4. The number of hydrogen-bond acceptors (Lipinski definition) is 9. The van der Waals surface area contributed by atoms with E-state index >= 15 is 0 Å². The van der Waals surface area contributed by atoms with Gasteiger partial charge in [0.1, 0.15) is 0 Å². The van der Waals surface area contributed by atoms with E-state index in [-0.39, 0.29) is 29.5 Å². The first-order valence-corrected chi connectivity index (χ1v) is 19.0. The molecule has 4 fully saturated rings. The van der Waals surface area contributed by atoms with Gasteiger partial charge in [0, 0.05) is 55.4 Å². The molecule has 4 aromatic rings. The van der Waals surface area contributed by atoms with Crippen LogP contribution < -0.4 is 31.1 Å². The first-order valence-electron chi connectivity index (χ1n) is 19.0. The number of urea groups is 1. The van der Waals surface area contributed by atoms with Gasteiger partial charge in [-0.3, -0.25) is 4.90 Å². The van der Waals surface area contributed by atoms with Crippen LogP contribution in [0.25, 0.3) is 22.8 Å². The maximum absolute atomic E-state index is 13.1. The van der Waals surface area contributed by atoms with E-state index in [1.807, 2.05) is 0 Å². The molecule has 0 unspecified atom stereocenters. The van der Waals surface area contributed by atoms with Crippen molar-refractivity contribution in [3.63, 3.8) is 0 Å². The summed E-state index contributed by atoms with van der Waals surface area (Å²) in [6.07, 6.45) is 3.31. The summed E-state index contributed by atoms with van der Waals surface area (Å²) in [6.45, 7) is 3.41. The number of alkyl halides is 6. The van der Waals surface area contributed by atoms with E-state index in [1.54, 1.807) is 29.4 Å². The Morgan fingerprint density at radius 2 is 1.32 bits per heavy atom. The lowest BCUT2D eigenvalue weighted by Gasteiger charge is -2.37. The lowest BCUT2D eigenvalue weighted by Crippen LogP contribution is -2.54. The summed E-state index contributed by atoms with van der Waals surface area (Å²) in [6, 6.07) is 11.0. The first-order chi connectivity index (χ1) is 26.8. The first kappa shape index (κ1) is 37.7. The molecule has 2 amide bonds. The third-order valence-electron chi connectivity index (χ3n) is 11.2. The second-order valence-corrected chi connectivity index (χ2v) is 15.1. The lowest BCUT2D eigenvalue weighted by atomic mass is 9.93. The van der Waals surface area contributed by atoms with Crippen molar-refractivity contribution in [1.82, 2.24) is 25.3 Å². The van der Waals surface area contributed by atoms with Crippen LogP contribution >= 0.6 is 0 Å². The zero-order valence-corrected chi connectivity index (χ0v) is 30.5. The molecule has 0 spiro atoms. The Labute approximate surface area is 319 Å². The number of fused-ring (bicyclic) bond motifs is 8. The van der Waals surface area contributed by atoms with Crippen LogP contribution in [-0.2, 0) is 12.4 Å². The highest BCUT2D eigenvalue weighted by atomic mass is 19.4. The third kappa shape index (κ3) is 7.90.